The molecule has 2 nitrogen and oxygen atoms in total. The third-order valence-electron chi connectivity index (χ3n) is 2.85. The number of allylic oxidation sites excluding steroid dienone is 2. The lowest BCUT2D eigenvalue weighted by atomic mass is 9.86. The summed E-state index contributed by atoms with van der Waals surface area (Å²) < 4.78 is 54.6. The van der Waals surface area contributed by atoms with E-state index in [4.69, 9.17) is 5.11 Å². The first-order valence-electron chi connectivity index (χ1n) is 5.32. The van der Waals surface area contributed by atoms with Gasteiger partial charge >= 0.3 is 5.97 Å². The van der Waals surface area contributed by atoms with Crippen LogP contribution in [-0.2, 0) is 4.79 Å². The van der Waals surface area contributed by atoms with Gasteiger partial charge in [0.25, 0.3) is 0 Å². The van der Waals surface area contributed by atoms with Gasteiger partial charge in [0.1, 0.15) is 11.4 Å². The summed E-state index contributed by atoms with van der Waals surface area (Å²) >= 11 is 0. The number of carbonyl (C=O) groups is 1. The minimum atomic E-state index is -2.56. The van der Waals surface area contributed by atoms with Gasteiger partial charge in [0.2, 0.25) is 0 Å². The van der Waals surface area contributed by atoms with Gasteiger partial charge in [-0.3, -0.25) is 0 Å². The Morgan fingerprint density at radius 3 is 2.16 bits per heavy atom. The van der Waals surface area contributed by atoms with Gasteiger partial charge < -0.3 is 5.11 Å². The predicted molar refractivity (Wildman–Crippen MR) is 59.1 cm³/mol. The van der Waals surface area contributed by atoms with Crippen LogP contribution in [0.25, 0.3) is 0 Å². The highest BCUT2D eigenvalue weighted by Crippen LogP contribution is 2.44. The van der Waals surface area contributed by atoms with Gasteiger partial charge in [0.05, 0.1) is 5.92 Å². The van der Waals surface area contributed by atoms with Gasteiger partial charge in [-0.25, -0.2) is 22.4 Å². The maximum Gasteiger partial charge on any atom is 0.341 e. The molecule has 0 saturated heterocycles. The van der Waals surface area contributed by atoms with E-state index in [0.29, 0.717) is 0 Å². The van der Waals surface area contributed by atoms with Crippen molar-refractivity contribution in [3.05, 3.63) is 58.9 Å². The summed E-state index contributed by atoms with van der Waals surface area (Å²) in [5.74, 6) is -9.13. The quantitative estimate of drug-likeness (QED) is 0.835. The standard InChI is InChI=1S/C13H8F4O2/c14-9-7(6-4-2-1-3-5-6)10(15)12(17)8(11(9)16)13(18)19/h1-5,7,9H,(H,18,19). The number of halogens is 4. The Hall–Kier alpha value is -2.11. The SMILES string of the molecule is O=C(O)C1=C(F)C(F)C(c2ccccc2)C(F)=C1F. The van der Waals surface area contributed by atoms with E-state index < -0.39 is 41.1 Å². The fraction of sp³-hybridized carbons (Fsp3) is 0.154. The van der Waals surface area contributed by atoms with Crippen LogP contribution in [0.15, 0.2) is 53.4 Å². The van der Waals surface area contributed by atoms with E-state index in [9.17, 15) is 22.4 Å². The summed E-state index contributed by atoms with van der Waals surface area (Å²) in [5, 5.41) is 8.57. The van der Waals surface area contributed by atoms with Gasteiger partial charge in [0, 0.05) is 0 Å². The zero-order chi connectivity index (χ0) is 14.2. The van der Waals surface area contributed by atoms with Gasteiger partial charge in [-0.05, 0) is 5.56 Å². The van der Waals surface area contributed by atoms with Gasteiger partial charge in [-0.1, -0.05) is 30.3 Å². The molecule has 100 valence electrons. The van der Waals surface area contributed by atoms with E-state index in [1.807, 2.05) is 0 Å². The monoisotopic (exact) mass is 272 g/mol. The number of carboxylic acids is 1. The summed E-state index contributed by atoms with van der Waals surface area (Å²) in [5.41, 5.74) is -1.56. The second-order valence-corrected chi connectivity index (χ2v) is 3.98. The Labute approximate surface area is 105 Å². The Morgan fingerprint density at radius 2 is 1.63 bits per heavy atom. The van der Waals surface area contributed by atoms with Crippen LogP contribution in [0.2, 0.25) is 0 Å². The second kappa shape index (κ2) is 4.87. The summed E-state index contributed by atoms with van der Waals surface area (Å²) in [6.07, 6.45) is -2.56. The number of hydrogen-bond donors (Lipinski definition) is 1. The minimum Gasteiger partial charge on any atom is -0.477 e. The van der Waals surface area contributed by atoms with E-state index in [-0.39, 0.29) is 5.56 Å². The van der Waals surface area contributed by atoms with Crippen LogP contribution in [0.4, 0.5) is 17.6 Å². The Morgan fingerprint density at radius 1 is 1.05 bits per heavy atom. The second-order valence-electron chi connectivity index (χ2n) is 3.98. The van der Waals surface area contributed by atoms with Crippen LogP contribution in [0.5, 0.6) is 0 Å². The number of alkyl halides is 1. The van der Waals surface area contributed by atoms with Gasteiger partial charge in [-0.2, -0.15) is 0 Å². The number of carboxylic acid groups (broad SMARTS) is 1. The first kappa shape index (κ1) is 13.3. The lowest BCUT2D eigenvalue weighted by molar-refractivity contribution is -0.132. The molecule has 1 aliphatic rings. The molecule has 0 aliphatic heterocycles. The molecule has 2 atom stereocenters. The zero-order valence-corrected chi connectivity index (χ0v) is 9.41. The molecule has 0 aromatic heterocycles. The van der Waals surface area contributed by atoms with E-state index in [1.54, 1.807) is 6.07 Å². The average Bonchev–Trinajstić information content (AvgIpc) is 2.38. The summed E-state index contributed by atoms with van der Waals surface area (Å²) in [7, 11) is 0. The Balaban J connectivity index is 2.56. The molecule has 2 rings (SSSR count). The van der Waals surface area contributed by atoms with Crippen molar-refractivity contribution in [1.82, 2.24) is 0 Å². The number of rotatable bonds is 2. The normalized spacial score (nSPS) is 23.8. The lowest BCUT2D eigenvalue weighted by Crippen LogP contribution is -2.24. The number of aliphatic carboxylic acids is 1. The molecular weight excluding hydrogens is 264 g/mol. The van der Waals surface area contributed by atoms with E-state index in [2.05, 4.69) is 0 Å². The molecule has 1 aliphatic carbocycles. The van der Waals surface area contributed by atoms with Crippen molar-refractivity contribution in [2.75, 3.05) is 0 Å². The average molecular weight is 272 g/mol. The first-order chi connectivity index (χ1) is 8.95. The highest BCUT2D eigenvalue weighted by atomic mass is 19.2. The molecule has 2 unspecified atom stereocenters. The lowest BCUT2D eigenvalue weighted by Gasteiger charge is -2.24. The topological polar surface area (TPSA) is 37.3 Å². The number of hydrogen-bond acceptors (Lipinski definition) is 1. The van der Waals surface area contributed by atoms with Crippen molar-refractivity contribution >= 4 is 5.97 Å². The largest absolute Gasteiger partial charge is 0.477 e. The van der Waals surface area contributed by atoms with Crippen LogP contribution >= 0.6 is 0 Å². The van der Waals surface area contributed by atoms with Gasteiger partial charge in [0.15, 0.2) is 17.8 Å². The molecule has 0 bridgehead atoms. The highest BCUT2D eigenvalue weighted by Gasteiger charge is 2.42. The fourth-order valence-corrected chi connectivity index (χ4v) is 1.95. The first-order valence-corrected chi connectivity index (χ1v) is 5.32. The molecule has 0 radical (unpaired) electrons. The molecule has 0 amide bonds. The molecule has 0 fully saturated rings. The smallest absolute Gasteiger partial charge is 0.341 e. The van der Waals surface area contributed by atoms with Crippen molar-refractivity contribution in [1.29, 1.82) is 0 Å². The third-order valence-corrected chi connectivity index (χ3v) is 2.85. The maximum atomic E-state index is 13.8. The van der Waals surface area contributed by atoms with Crippen molar-refractivity contribution in [3.63, 3.8) is 0 Å². The highest BCUT2D eigenvalue weighted by molar-refractivity contribution is 5.92. The van der Waals surface area contributed by atoms with Crippen molar-refractivity contribution < 1.29 is 27.5 Å². The predicted octanol–water partition coefficient (Wildman–Crippen LogP) is 3.58. The molecule has 1 aromatic carbocycles. The zero-order valence-electron chi connectivity index (χ0n) is 9.41. The van der Waals surface area contributed by atoms with Crippen LogP contribution in [0, 0.1) is 0 Å². The summed E-state index contributed by atoms with van der Waals surface area (Å²) in [6, 6.07) is 7.11. The third kappa shape index (κ3) is 2.14. The molecule has 0 saturated carbocycles. The molecular formula is C13H8F4O2. The van der Waals surface area contributed by atoms with Crippen molar-refractivity contribution in [2.45, 2.75) is 12.1 Å². The van der Waals surface area contributed by atoms with Crippen LogP contribution < -0.4 is 0 Å². The van der Waals surface area contributed by atoms with Crippen molar-refractivity contribution in [3.8, 4) is 0 Å². The molecule has 19 heavy (non-hydrogen) atoms. The van der Waals surface area contributed by atoms with Crippen LogP contribution in [0.1, 0.15) is 11.5 Å². The molecule has 0 heterocycles. The summed E-state index contributed by atoms with van der Waals surface area (Å²) in [6.45, 7) is 0. The Kier molecular flexibility index (Phi) is 3.42. The van der Waals surface area contributed by atoms with Crippen LogP contribution in [-0.4, -0.2) is 17.2 Å². The van der Waals surface area contributed by atoms with E-state index in [1.165, 1.54) is 24.3 Å². The molecule has 6 heteroatoms. The minimum absolute atomic E-state index is 0.0299. The van der Waals surface area contributed by atoms with Crippen molar-refractivity contribution in [2.24, 2.45) is 0 Å². The molecule has 1 N–H and O–H groups in total. The maximum absolute atomic E-state index is 13.8. The Bertz CT molecular complexity index is 578. The molecule has 0 spiro atoms. The van der Waals surface area contributed by atoms with E-state index in [0.717, 1.165) is 0 Å². The van der Waals surface area contributed by atoms with E-state index >= 15 is 0 Å². The fourth-order valence-electron chi connectivity index (χ4n) is 1.95. The van der Waals surface area contributed by atoms with Crippen LogP contribution in [0.3, 0.4) is 0 Å². The number of benzene rings is 1. The molecule has 1 aromatic rings. The summed E-state index contributed by atoms with van der Waals surface area (Å²) in [4.78, 5) is 10.6. The van der Waals surface area contributed by atoms with Gasteiger partial charge in [-0.15, -0.1) is 0 Å².